The topological polar surface area (TPSA) is 24.5 Å². The summed E-state index contributed by atoms with van der Waals surface area (Å²) in [5.41, 5.74) is 2.00. The summed E-state index contributed by atoms with van der Waals surface area (Å²) >= 11 is 12.7. The van der Waals surface area contributed by atoms with Gasteiger partial charge in [-0.1, -0.05) is 66.5 Å². The number of fused-ring (bicyclic) bond motifs is 1. The summed E-state index contributed by atoms with van der Waals surface area (Å²) in [4.78, 5) is 2.56. The van der Waals surface area contributed by atoms with Gasteiger partial charge < -0.3 is 10.1 Å². The molecule has 4 rings (SSSR count). The summed E-state index contributed by atoms with van der Waals surface area (Å²) < 4.78 is 6.24. The van der Waals surface area contributed by atoms with E-state index in [1.54, 1.807) is 0 Å². The fourth-order valence-electron chi connectivity index (χ4n) is 4.36. The predicted molar refractivity (Wildman–Crippen MR) is 127 cm³/mol. The summed E-state index contributed by atoms with van der Waals surface area (Å²) in [6.45, 7) is 6.68. The van der Waals surface area contributed by atoms with Crippen molar-refractivity contribution in [3.8, 4) is 5.75 Å². The molecule has 1 N–H and O–H groups in total. The van der Waals surface area contributed by atoms with Gasteiger partial charge in [0.05, 0.1) is 0 Å². The van der Waals surface area contributed by atoms with Gasteiger partial charge in [-0.25, -0.2) is 0 Å². The first-order valence-electron chi connectivity index (χ1n) is 10.7. The van der Waals surface area contributed by atoms with Crippen LogP contribution in [-0.4, -0.2) is 30.6 Å². The second-order valence-corrected chi connectivity index (χ2v) is 8.62. The standard InChI is InChI=1S/C25H28Cl2N2O/c1-2-29-14-6-8-19(29)15-28-16-21-20-9-4-3-7-18(20)12-13-25(21)30-17-22-23(26)10-5-11-24(22)27/h3-5,7,9-13,19,28H,2,6,8,14-17H2,1H3/t19-/m0/s1. The van der Waals surface area contributed by atoms with E-state index in [4.69, 9.17) is 27.9 Å². The molecule has 0 radical (unpaired) electrons. The van der Waals surface area contributed by atoms with Crippen LogP contribution < -0.4 is 10.1 Å². The van der Waals surface area contributed by atoms with Crippen molar-refractivity contribution in [2.45, 2.75) is 39.0 Å². The zero-order chi connectivity index (χ0) is 20.9. The highest BCUT2D eigenvalue weighted by Gasteiger charge is 2.22. The molecule has 1 saturated heterocycles. The van der Waals surface area contributed by atoms with Crippen molar-refractivity contribution in [1.29, 1.82) is 0 Å². The van der Waals surface area contributed by atoms with E-state index in [1.165, 1.54) is 35.7 Å². The first-order valence-corrected chi connectivity index (χ1v) is 11.4. The number of rotatable bonds is 8. The lowest BCUT2D eigenvalue weighted by Crippen LogP contribution is -2.37. The molecule has 1 heterocycles. The molecule has 0 aromatic heterocycles. The number of likely N-dealkylation sites (tertiary alicyclic amines) is 1. The van der Waals surface area contributed by atoms with E-state index >= 15 is 0 Å². The van der Waals surface area contributed by atoms with Crippen LogP contribution >= 0.6 is 23.2 Å². The molecule has 1 aliphatic heterocycles. The Hall–Kier alpha value is -1.78. The zero-order valence-electron chi connectivity index (χ0n) is 17.3. The van der Waals surface area contributed by atoms with Crippen LogP contribution in [0.1, 0.15) is 30.9 Å². The van der Waals surface area contributed by atoms with Crippen LogP contribution in [0.5, 0.6) is 5.75 Å². The second kappa shape index (κ2) is 10.0. The van der Waals surface area contributed by atoms with Gasteiger partial charge in [0, 0.05) is 40.3 Å². The number of benzene rings is 3. The van der Waals surface area contributed by atoms with Crippen LogP contribution in [0.15, 0.2) is 54.6 Å². The van der Waals surface area contributed by atoms with Crippen molar-refractivity contribution in [1.82, 2.24) is 10.2 Å². The third-order valence-electron chi connectivity index (χ3n) is 6.02. The third kappa shape index (κ3) is 4.76. The molecule has 5 heteroatoms. The predicted octanol–water partition coefficient (Wildman–Crippen LogP) is 6.30. The Kier molecular flexibility index (Phi) is 7.16. The van der Waals surface area contributed by atoms with E-state index in [0.717, 1.165) is 30.9 Å². The van der Waals surface area contributed by atoms with Crippen molar-refractivity contribution in [3.63, 3.8) is 0 Å². The minimum atomic E-state index is 0.343. The van der Waals surface area contributed by atoms with Gasteiger partial charge in [0.1, 0.15) is 12.4 Å². The fraction of sp³-hybridized carbons (Fsp3) is 0.360. The van der Waals surface area contributed by atoms with E-state index in [2.05, 4.69) is 53.5 Å². The lowest BCUT2D eigenvalue weighted by molar-refractivity contribution is 0.259. The molecule has 0 amide bonds. The van der Waals surface area contributed by atoms with Gasteiger partial charge in [0.25, 0.3) is 0 Å². The van der Waals surface area contributed by atoms with E-state index in [1.807, 2.05) is 18.2 Å². The van der Waals surface area contributed by atoms with Gasteiger partial charge in [0.15, 0.2) is 0 Å². The highest BCUT2D eigenvalue weighted by Crippen LogP contribution is 2.31. The summed E-state index contributed by atoms with van der Waals surface area (Å²) in [6.07, 6.45) is 2.56. The maximum atomic E-state index is 6.33. The van der Waals surface area contributed by atoms with E-state index in [-0.39, 0.29) is 0 Å². The first kappa shape index (κ1) is 21.5. The molecule has 0 spiro atoms. The molecule has 0 bridgehead atoms. The van der Waals surface area contributed by atoms with Gasteiger partial charge in [-0.05, 0) is 54.9 Å². The highest BCUT2D eigenvalue weighted by atomic mass is 35.5. The van der Waals surface area contributed by atoms with E-state index in [9.17, 15) is 0 Å². The average Bonchev–Trinajstić information content (AvgIpc) is 3.22. The molecule has 3 aromatic carbocycles. The second-order valence-electron chi connectivity index (χ2n) is 7.81. The molecule has 0 saturated carbocycles. The van der Waals surface area contributed by atoms with Crippen LogP contribution in [0, 0.1) is 0 Å². The number of likely N-dealkylation sites (N-methyl/N-ethyl adjacent to an activating group) is 1. The number of nitrogens with one attached hydrogen (secondary N) is 1. The summed E-state index contributed by atoms with van der Waals surface area (Å²) in [5, 5.41) is 7.38. The molecule has 1 atom stereocenters. The minimum Gasteiger partial charge on any atom is -0.488 e. The van der Waals surface area contributed by atoms with Gasteiger partial charge >= 0.3 is 0 Å². The normalized spacial score (nSPS) is 17.0. The molecule has 0 unspecified atom stereocenters. The molecule has 0 aliphatic carbocycles. The SMILES string of the molecule is CCN1CCC[C@H]1CNCc1c(OCc2c(Cl)cccc2Cl)ccc2ccccc12. The molecule has 3 aromatic rings. The van der Waals surface area contributed by atoms with Crippen LogP contribution in [0.25, 0.3) is 10.8 Å². The van der Waals surface area contributed by atoms with Crippen LogP contribution in [0.4, 0.5) is 0 Å². The van der Waals surface area contributed by atoms with Crippen molar-refractivity contribution in [3.05, 3.63) is 75.8 Å². The molecular formula is C25H28Cl2N2O. The van der Waals surface area contributed by atoms with Crippen molar-refractivity contribution >= 4 is 34.0 Å². The quantitative estimate of drug-likeness (QED) is 0.442. The van der Waals surface area contributed by atoms with Gasteiger partial charge in [-0.3, -0.25) is 4.90 Å². The van der Waals surface area contributed by atoms with Crippen molar-refractivity contribution in [2.75, 3.05) is 19.6 Å². The fourth-order valence-corrected chi connectivity index (χ4v) is 4.87. The minimum absolute atomic E-state index is 0.343. The Balaban J connectivity index is 1.53. The first-order chi connectivity index (χ1) is 14.7. The lowest BCUT2D eigenvalue weighted by Gasteiger charge is -2.23. The number of hydrogen-bond acceptors (Lipinski definition) is 3. The van der Waals surface area contributed by atoms with Crippen molar-refractivity contribution < 1.29 is 4.74 Å². The molecular weight excluding hydrogens is 415 g/mol. The summed E-state index contributed by atoms with van der Waals surface area (Å²) in [5.74, 6) is 0.871. The number of halogens is 2. The van der Waals surface area contributed by atoms with Crippen LogP contribution in [0.3, 0.4) is 0 Å². The molecule has 30 heavy (non-hydrogen) atoms. The highest BCUT2D eigenvalue weighted by molar-refractivity contribution is 6.35. The van der Waals surface area contributed by atoms with Crippen LogP contribution in [0.2, 0.25) is 10.0 Å². The van der Waals surface area contributed by atoms with Gasteiger partial charge in [-0.15, -0.1) is 0 Å². The molecule has 1 fully saturated rings. The average molecular weight is 443 g/mol. The number of nitrogens with zero attached hydrogens (tertiary/aromatic N) is 1. The molecule has 1 aliphatic rings. The number of hydrogen-bond donors (Lipinski definition) is 1. The monoisotopic (exact) mass is 442 g/mol. The van der Waals surface area contributed by atoms with Gasteiger partial charge in [-0.2, -0.15) is 0 Å². The van der Waals surface area contributed by atoms with Crippen molar-refractivity contribution in [2.24, 2.45) is 0 Å². The van der Waals surface area contributed by atoms with Crippen LogP contribution in [-0.2, 0) is 13.2 Å². The maximum Gasteiger partial charge on any atom is 0.124 e. The van der Waals surface area contributed by atoms with Gasteiger partial charge in [0.2, 0.25) is 0 Å². The zero-order valence-corrected chi connectivity index (χ0v) is 18.8. The Morgan fingerprint density at radius 1 is 1.00 bits per heavy atom. The maximum absolute atomic E-state index is 6.33. The van der Waals surface area contributed by atoms with E-state index in [0.29, 0.717) is 22.7 Å². The molecule has 3 nitrogen and oxygen atoms in total. The number of ether oxygens (including phenoxy) is 1. The lowest BCUT2D eigenvalue weighted by atomic mass is 10.0. The smallest absolute Gasteiger partial charge is 0.124 e. The Morgan fingerprint density at radius 2 is 1.80 bits per heavy atom. The Bertz CT molecular complexity index is 987. The summed E-state index contributed by atoms with van der Waals surface area (Å²) in [6, 6.07) is 18.8. The van der Waals surface area contributed by atoms with E-state index < -0.39 is 0 Å². The Morgan fingerprint density at radius 3 is 2.60 bits per heavy atom. The largest absolute Gasteiger partial charge is 0.488 e. The summed E-state index contributed by atoms with van der Waals surface area (Å²) in [7, 11) is 0. The third-order valence-corrected chi connectivity index (χ3v) is 6.73. The molecule has 158 valence electrons. The Labute approximate surface area is 188 Å².